The van der Waals surface area contributed by atoms with E-state index in [1.165, 1.54) is 0 Å². The fourth-order valence-corrected chi connectivity index (χ4v) is 2.73. The highest BCUT2D eigenvalue weighted by atomic mass is 35.5. The minimum atomic E-state index is -0.359. The molecule has 0 atom stereocenters. The Morgan fingerprint density at radius 2 is 1.89 bits per heavy atom. The van der Waals surface area contributed by atoms with Gasteiger partial charge in [-0.1, -0.05) is 17.7 Å². The van der Waals surface area contributed by atoms with E-state index < -0.39 is 0 Å². The molecule has 3 aromatic rings. The second kappa shape index (κ2) is 7.13. The van der Waals surface area contributed by atoms with Gasteiger partial charge in [0.2, 0.25) is 6.79 Å². The van der Waals surface area contributed by atoms with E-state index in [9.17, 15) is 4.79 Å². The lowest BCUT2D eigenvalue weighted by molar-refractivity contribution is 0.102. The fourth-order valence-electron chi connectivity index (χ4n) is 2.56. The van der Waals surface area contributed by atoms with Crippen molar-refractivity contribution >= 4 is 34.7 Å². The SMILES string of the molecule is Cc1ccc(Cl)cc1NC(=O)c1ccc(Nc2ccc3c(c2)OCO3)nn1. The zero-order valence-electron chi connectivity index (χ0n) is 14.3. The summed E-state index contributed by atoms with van der Waals surface area (Å²) >= 11 is 5.98. The molecule has 8 heteroatoms. The predicted molar refractivity (Wildman–Crippen MR) is 102 cm³/mol. The number of aryl methyl sites for hydroxylation is 1. The van der Waals surface area contributed by atoms with Gasteiger partial charge in [-0.25, -0.2) is 0 Å². The van der Waals surface area contributed by atoms with Crippen LogP contribution in [-0.4, -0.2) is 22.9 Å². The maximum absolute atomic E-state index is 12.4. The number of nitrogens with zero attached hydrogens (tertiary/aromatic N) is 2. The van der Waals surface area contributed by atoms with Crippen molar-refractivity contribution in [2.75, 3.05) is 17.4 Å². The summed E-state index contributed by atoms with van der Waals surface area (Å²) in [6.07, 6.45) is 0. The zero-order chi connectivity index (χ0) is 18.8. The monoisotopic (exact) mass is 382 g/mol. The number of halogens is 1. The van der Waals surface area contributed by atoms with Crippen LogP contribution in [0.15, 0.2) is 48.5 Å². The van der Waals surface area contributed by atoms with E-state index >= 15 is 0 Å². The highest BCUT2D eigenvalue weighted by Gasteiger charge is 2.14. The van der Waals surface area contributed by atoms with Crippen molar-refractivity contribution in [1.29, 1.82) is 0 Å². The Morgan fingerprint density at radius 3 is 2.70 bits per heavy atom. The smallest absolute Gasteiger partial charge is 0.276 e. The second-order valence-corrected chi connectivity index (χ2v) is 6.35. The lowest BCUT2D eigenvalue weighted by atomic mass is 10.2. The summed E-state index contributed by atoms with van der Waals surface area (Å²) in [6.45, 7) is 2.10. The minimum Gasteiger partial charge on any atom is -0.454 e. The van der Waals surface area contributed by atoms with Crippen molar-refractivity contribution in [3.8, 4) is 11.5 Å². The van der Waals surface area contributed by atoms with E-state index in [1.807, 2.05) is 31.2 Å². The second-order valence-electron chi connectivity index (χ2n) is 5.91. The molecule has 7 nitrogen and oxygen atoms in total. The molecule has 0 fully saturated rings. The molecule has 2 N–H and O–H groups in total. The molecule has 2 aromatic carbocycles. The van der Waals surface area contributed by atoms with Gasteiger partial charge in [0.15, 0.2) is 23.0 Å². The van der Waals surface area contributed by atoms with Crippen LogP contribution in [0.25, 0.3) is 0 Å². The van der Waals surface area contributed by atoms with Crippen LogP contribution in [0.3, 0.4) is 0 Å². The van der Waals surface area contributed by atoms with E-state index in [2.05, 4.69) is 20.8 Å². The summed E-state index contributed by atoms with van der Waals surface area (Å²) in [5, 5.41) is 14.5. The van der Waals surface area contributed by atoms with Crippen molar-refractivity contribution in [2.45, 2.75) is 6.92 Å². The average Bonchev–Trinajstić information content (AvgIpc) is 3.13. The Hall–Kier alpha value is -3.32. The van der Waals surface area contributed by atoms with Gasteiger partial charge in [-0.15, -0.1) is 10.2 Å². The van der Waals surface area contributed by atoms with E-state index in [4.69, 9.17) is 21.1 Å². The number of nitrogens with one attached hydrogen (secondary N) is 2. The van der Waals surface area contributed by atoms with Crippen LogP contribution in [0.4, 0.5) is 17.2 Å². The molecule has 0 saturated heterocycles. The van der Waals surface area contributed by atoms with Crippen LogP contribution in [0.2, 0.25) is 5.02 Å². The molecule has 1 aromatic heterocycles. The summed E-state index contributed by atoms with van der Waals surface area (Å²) in [5.74, 6) is 1.52. The fraction of sp³-hybridized carbons (Fsp3) is 0.105. The maximum Gasteiger partial charge on any atom is 0.276 e. The summed E-state index contributed by atoms with van der Waals surface area (Å²) < 4.78 is 10.6. The van der Waals surface area contributed by atoms with Crippen molar-refractivity contribution in [2.24, 2.45) is 0 Å². The zero-order valence-corrected chi connectivity index (χ0v) is 15.1. The van der Waals surface area contributed by atoms with Gasteiger partial charge in [0.1, 0.15) is 0 Å². The maximum atomic E-state index is 12.4. The first-order valence-corrected chi connectivity index (χ1v) is 8.54. The molecule has 1 aliphatic heterocycles. The third-order valence-electron chi connectivity index (χ3n) is 3.99. The lowest BCUT2D eigenvalue weighted by Crippen LogP contribution is -2.15. The van der Waals surface area contributed by atoms with Crippen LogP contribution in [0.1, 0.15) is 16.1 Å². The molecule has 136 valence electrons. The number of hydrogen-bond acceptors (Lipinski definition) is 6. The van der Waals surface area contributed by atoms with Crippen molar-refractivity contribution < 1.29 is 14.3 Å². The quantitative estimate of drug-likeness (QED) is 0.704. The Balaban J connectivity index is 1.45. The Bertz CT molecular complexity index is 1010. The average molecular weight is 383 g/mol. The highest BCUT2D eigenvalue weighted by Crippen LogP contribution is 2.34. The molecule has 0 unspecified atom stereocenters. The van der Waals surface area contributed by atoms with Gasteiger partial charge in [0, 0.05) is 22.5 Å². The molecule has 0 bridgehead atoms. The van der Waals surface area contributed by atoms with Crippen molar-refractivity contribution in [3.05, 3.63) is 64.8 Å². The standard InChI is InChI=1S/C19H15ClN4O3/c1-11-2-3-12(20)8-15(11)22-19(25)14-5-7-18(24-23-14)21-13-4-6-16-17(9-13)27-10-26-16/h2-9H,10H2,1H3,(H,21,24)(H,22,25). The summed E-state index contributed by atoms with van der Waals surface area (Å²) in [4.78, 5) is 12.4. The van der Waals surface area contributed by atoms with Crippen LogP contribution in [0, 0.1) is 6.92 Å². The largest absolute Gasteiger partial charge is 0.454 e. The molecule has 0 aliphatic carbocycles. The van der Waals surface area contributed by atoms with Crippen molar-refractivity contribution in [1.82, 2.24) is 10.2 Å². The van der Waals surface area contributed by atoms with Crippen LogP contribution in [-0.2, 0) is 0 Å². The van der Waals surface area contributed by atoms with Gasteiger partial charge in [-0.3, -0.25) is 4.79 Å². The molecular weight excluding hydrogens is 368 g/mol. The highest BCUT2D eigenvalue weighted by molar-refractivity contribution is 6.31. The molecule has 27 heavy (non-hydrogen) atoms. The van der Waals surface area contributed by atoms with E-state index in [0.29, 0.717) is 28.0 Å². The number of anilines is 3. The number of rotatable bonds is 4. The number of carbonyl (C=O) groups excluding carboxylic acids is 1. The number of benzene rings is 2. The number of carbonyl (C=O) groups is 1. The predicted octanol–water partition coefficient (Wildman–Crippen LogP) is 4.16. The number of aromatic nitrogens is 2. The number of fused-ring (bicyclic) bond motifs is 1. The van der Waals surface area contributed by atoms with Crippen LogP contribution in [0.5, 0.6) is 11.5 Å². The van der Waals surface area contributed by atoms with Gasteiger partial charge in [0.25, 0.3) is 5.91 Å². The van der Waals surface area contributed by atoms with Crippen LogP contribution >= 0.6 is 11.6 Å². The van der Waals surface area contributed by atoms with Gasteiger partial charge in [-0.2, -0.15) is 0 Å². The van der Waals surface area contributed by atoms with Crippen molar-refractivity contribution in [3.63, 3.8) is 0 Å². The molecule has 1 amide bonds. The van der Waals surface area contributed by atoms with E-state index in [1.54, 1.807) is 24.3 Å². The Morgan fingerprint density at radius 1 is 1.04 bits per heavy atom. The molecule has 4 rings (SSSR count). The Labute approximate surface area is 160 Å². The third-order valence-corrected chi connectivity index (χ3v) is 4.23. The number of amides is 1. The first kappa shape index (κ1) is 17.1. The number of ether oxygens (including phenoxy) is 2. The molecule has 0 saturated carbocycles. The first-order valence-electron chi connectivity index (χ1n) is 8.16. The minimum absolute atomic E-state index is 0.200. The van der Waals surface area contributed by atoms with Gasteiger partial charge in [-0.05, 0) is 48.9 Å². The summed E-state index contributed by atoms with van der Waals surface area (Å²) in [5.41, 5.74) is 2.52. The molecule has 0 spiro atoms. The molecule has 1 aliphatic rings. The van der Waals surface area contributed by atoms with Gasteiger partial charge in [0.05, 0.1) is 0 Å². The summed E-state index contributed by atoms with van der Waals surface area (Å²) in [7, 11) is 0. The first-order chi connectivity index (χ1) is 13.1. The molecule has 2 heterocycles. The third kappa shape index (κ3) is 3.78. The molecule has 0 radical (unpaired) electrons. The molecular formula is C19H15ClN4O3. The van der Waals surface area contributed by atoms with Crippen LogP contribution < -0.4 is 20.1 Å². The topological polar surface area (TPSA) is 85.4 Å². The number of hydrogen-bond donors (Lipinski definition) is 2. The van der Waals surface area contributed by atoms with E-state index in [0.717, 1.165) is 11.3 Å². The Kier molecular flexibility index (Phi) is 4.52. The lowest BCUT2D eigenvalue weighted by Gasteiger charge is -2.09. The van der Waals surface area contributed by atoms with E-state index in [-0.39, 0.29) is 18.4 Å². The van der Waals surface area contributed by atoms with Gasteiger partial charge >= 0.3 is 0 Å². The van der Waals surface area contributed by atoms with Gasteiger partial charge < -0.3 is 20.1 Å². The summed E-state index contributed by atoms with van der Waals surface area (Å²) in [6, 6.07) is 14.0. The normalized spacial score (nSPS) is 11.9.